The van der Waals surface area contributed by atoms with Gasteiger partial charge in [0.1, 0.15) is 10.6 Å². The SMILES string of the molecule is C[C@]1(c2ccccc2O)Nc2ccccc2S1. The first kappa shape index (κ1) is 10.5. The van der Waals surface area contributed by atoms with E-state index in [9.17, 15) is 5.11 Å². The molecule has 2 aromatic carbocycles. The van der Waals surface area contributed by atoms with Gasteiger partial charge in [0, 0.05) is 16.1 Å². The number of rotatable bonds is 1. The summed E-state index contributed by atoms with van der Waals surface area (Å²) in [6.45, 7) is 2.09. The molecule has 0 fully saturated rings. The van der Waals surface area contributed by atoms with Crippen LogP contribution < -0.4 is 5.32 Å². The lowest BCUT2D eigenvalue weighted by atomic mass is 10.1. The summed E-state index contributed by atoms with van der Waals surface area (Å²) >= 11 is 1.73. The van der Waals surface area contributed by atoms with Gasteiger partial charge in [-0.1, -0.05) is 42.1 Å². The Labute approximate surface area is 105 Å². The molecule has 2 nitrogen and oxygen atoms in total. The number of phenols is 1. The molecule has 0 amide bonds. The second-order valence-electron chi connectivity index (χ2n) is 4.27. The molecule has 0 aromatic heterocycles. The third-order valence-corrected chi connectivity index (χ3v) is 4.30. The lowest BCUT2D eigenvalue weighted by Gasteiger charge is -2.25. The van der Waals surface area contributed by atoms with Crippen LogP contribution in [0.3, 0.4) is 0 Å². The number of anilines is 1. The van der Waals surface area contributed by atoms with Gasteiger partial charge in [-0.2, -0.15) is 0 Å². The molecule has 86 valence electrons. The zero-order valence-electron chi connectivity index (χ0n) is 9.47. The molecule has 0 bridgehead atoms. The number of aromatic hydroxyl groups is 1. The number of fused-ring (bicyclic) bond motifs is 1. The second-order valence-corrected chi connectivity index (χ2v) is 5.73. The van der Waals surface area contributed by atoms with Gasteiger partial charge in [0.05, 0.1) is 0 Å². The third kappa shape index (κ3) is 1.67. The highest BCUT2D eigenvalue weighted by molar-refractivity contribution is 8.00. The molecule has 0 aliphatic carbocycles. The fraction of sp³-hybridized carbons (Fsp3) is 0.143. The van der Waals surface area contributed by atoms with Crippen LogP contribution in [0.25, 0.3) is 0 Å². The number of thioether (sulfide) groups is 1. The van der Waals surface area contributed by atoms with E-state index < -0.39 is 0 Å². The number of phenolic OH excluding ortho intramolecular Hbond substituents is 1. The lowest BCUT2D eigenvalue weighted by Crippen LogP contribution is -2.23. The Bertz CT molecular complexity index is 543. The van der Waals surface area contributed by atoms with E-state index >= 15 is 0 Å². The average Bonchev–Trinajstić information content (AvgIpc) is 2.66. The van der Waals surface area contributed by atoms with Crippen LogP contribution in [0.15, 0.2) is 53.4 Å². The zero-order chi connectivity index (χ0) is 11.9. The maximum atomic E-state index is 9.96. The summed E-state index contributed by atoms with van der Waals surface area (Å²) in [5.41, 5.74) is 2.05. The van der Waals surface area contributed by atoms with Gasteiger partial charge in [-0.15, -0.1) is 0 Å². The fourth-order valence-corrected chi connectivity index (χ4v) is 3.42. The van der Waals surface area contributed by atoms with E-state index in [0.717, 1.165) is 11.3 Å². The topological polar surface area (TPSA) is 32.3 Å². The van der Waals surface area contributed by atoms with E-state index in [1.54, 1.807) is 17.8 Å². The van der Waals surface area contributed by atoms with Gasteiger partial charge in [-0.3, -0.25) is 0 Å². The monoisotopic (exact) mass is 243 g/mol. The molecule has 3 rings (SSSR count). The molecular weight excluding hydrogens is 230 g/mol. The largest absolute Gasteiger partial charge is 0.508 e. The molecule has 17 heavy (non-hydrogen) atoms. The molecule has 1 aliphatic rings. The molecular formula is C14H13NOS. The van der Waals surface area contributed by atoms with Crippen LogP contribution >= 0.6 is 11.8 Å². The average molecular weight is 243 g/mol. The molecule has 0 spiro atoms. The predicted octanol–water partition coefficient (Wildman–Crippen LogP) is 3.78. The van der Waals surface area contributed by atoms with Crippen molar-refractivity contribution in [3.05, 3.63) is 54.1 Å². The Kier molecular flexibility index (Phi) is 2.30. The molecule has 1 atom stereocenters. The van der Waals surface area contributed by atoms with Crippen LogP contribution in [-0.4, -0.2) is 5.11 Å². The predicted molar refractivity (Wildman–Crippen MR) is 71.4 cm³/mol. The molecule has 3 heteroatoms. The summed E-state index contributed by atoms with van der Waals surface area (Å²) in [5.74, 6) is 0.336. The maximum absolute atomic E-state index is 9.96. The molecule has 1 aliphatic heterocycles. The maximum Gasteiger partial charge on any atom is 0.122 e. The minimum absolute atomic E-state index is 0.297. The van der Waals surface area contributed by atoms with Crippen LogP contribution in [0.5, 0.6) is 5.75 Å². The van der Waals surface area contributed by atoms with Crippen LogP contribution in [0.4, 0.5) is 5.69 Å². The minimum atomic E-state index is -0.297. The smallest absolute Gasteiger partial charge is 0.122 e. The number of benzene rings is 2. The highest BCUT2D eigenvalue weighted by Gasteiger charge is 2.36. The van der Waals surface area contributed by atoms with Crippen molar-refractivity contribution in [3.8, 4) is 5.75 Å². The highest BCUT2D eigenvalue weighted by Crippen LogP contribution is 2.52. The lowest BCUT2D eigenvalue weighted by molar-refractivity contribution is 0.463. The number of nitrogens with one attached hydrogen (secondary N) is 1. The quantitative estimate of drug-likeness (QED) is 0.799. The third-order valence-electron chi connectivity index (χ3n) is 2.99. The van der Waals surface area contributed by atoms with Crippen molar-refractivity contribution in [2.45, 2.75) is 16.7 Å². The minimum Gasteiger partial charge on any atom is -0.508 e. The van der Waals surface area contributed by atoms with Crippen molar-refractivity contribution in [1.82, 2.24) is 0 Å². The summed E-state index contributed by atoms with van der Waals surface area (Å²) < 4.78 is 0. The van der Waals surface area contributed by atoms with Crippen LogP contribution in [0.2, 0.25) is 0 Å². The first-order chi connectivity index (χ1) is 8.19. The van der Waals surface area contributed by atoms with E-state index in [-0.39, 0.29) is 4.87 Å². The first-order valence-corrected chi connectivity index (χ1v) is 6.35. The van der Waals surface area contributed by atoms with Gasteiger partial charge in [-0.05, 0) is 25.1 Å². The van der Waals surface area contributed by atoms with Gasteiger partial charge in [-0.25, -0.2) is 0 Å². The zero-order valence-corrected chi connectivity index (χ0v) is 10.3. The molecule has 1 heterocycles. The second kappa shape index (κ2) is 3.70. The van der Waals surface area contributed by atoms with Crippen molar-refractivity contribution in [1.29, 1.82) is 0 Å². The Hall–Kier alpha value is -1.61. The number of hydrogen-bond acceptors (Lipinski definition) is 3. The molecule has 2 N–H and O–H groups in total. The van der Waals surface area contributed by atoms with E-state index in [1.807, 2.05) is 30.3 Å². The van der Waals surface area contributed by atoms with E-state index in [1.165, 1.54) is 4.90 Å². The van der Waals surface area contributed by atoms with Crippen molar-refractivity contribution < 1.29 is 5.11 Å². The molecule has 0 unspecified atom stereocenters. The van der Waals surface area contributed by atoms with Gasteiger partial charge < -0.3 is 10.4 Å². The Morgan fingerprint density at radius 3 is 2.53 bits per heavy atom. The normalized spacial score (nSPS) is 21.9. The standard InChI is InChI=1S/C14H13NOS/c1-14(10-6-2-4-8-12(10)16)15-11-7-3-5-9-13(11)17-14/h2-9,15-16H,1H3/t14-/m0/s1. The van der Waals surface area contributed by atoms with Crippen molar-refractivity contribution >= 4 is 17.4 Å². The van der Waals surface area contributed by atoms with Gasteiger partial charge in [0.2, 0.25) is 0 Å². The molecule has 0 saturated carbocycles. The van der Waals surface area contributed by atoms with E-state index in [0.29, 0.717) is 5.75 Å². The van der Waals surface area contributed by atoms with E-state index in [2.05, 4.69) is 24.4 Å². The van der Waals surface area contributed by atoms with Gasteiger partial charge in [0.15, 0.2) is 0 Å². The Balaban J connectivity index is 2.05. The van der Waals surface area contributed by atoms with Crippen molar-refractivity contribution in [3.63, 3.8) is 0 Å². The summed E-state index contributed by atoms with van der Waals surface area (Å²) in [6.07, 6.45) is 0. The molecule has 2 aromatic rings. The molecule has 0 saturated heterocycles. The van der Waals surface area contributed by atoms with Crippen molar-refractivity contribution in [2.75, 3.05) is 5.32 Å². The summed E-state index contributed by atoms with van der Waals surface area (Å²) in [5, 5.41) is 13.4. The van der Waals surface area contributed by atoms with Gasteiger partial charge in [0.25, 0.3) is 0 Å². The Morgan fingerprint density at radius 2 is 1.76 bits per heavy atom. The van der Waals surface area contributed by atoms with Crippen LogP contribution in [0.1, 0.15) is 12.5 Å². The van der Waals surface area contributed by atoms with Crippen LogP contribution in [0, 0.1) is 0 Å². The fourth-order valence-electron chi connectivity index (χ4n) is 2.16. The van der Waals surface area contributed by atoms with E-state index in [4.69, 9.17) is 0 Å². The number of hydrogen-bond donors (Lipinski definition) is 2. The van der Waals surface area contributed by atoms with Crippen molar-refractivity contribution in [2.24, 2.45) is 0 Å². The van der Waals surface area contributed by atoms with Crippen LogP contribution in [-0.2, 0) is 4.87 Å². The Morgan fingerprint density at radius 1 is 1.06 bits per heavy atom. The van der Waals surface area contributed by atoms with Gasteiger partial charge >= 0.3 is 0 Å². The molecule has 0 radical (unpaired) electrons. The highest BCUT2D eigenvalue weighted by atomic mass is 32.2. The summed E-state index contributed by atoms with van der Waals surface area (Å²) in [4.78, 5) is 0.924. The first-order valence-electron chi connectivity index (χ1n) is 5.54. The summed E-state index contributed by atoms with van der Waals surface area (Å²) in [7, 11) is 0. The number of para-hydroxylation sites is 2. The summed E-state index contributed by atoms with van der Waals surface area (Å²) in [6, 6.07) is 15.7.